The first-order valence-corrected chi connectivity index (χ1v) is 8.48. The van der Waals surface area contributed by atoms with E-state index in [4.69, 9.17) is 0 Å². The molecule has 0 saturated carbocycles. The number of aromatic nitrogens is 1. The number of hydrogen-bond acceptors (Lipinski definition) is 4. The van der Waals surface area contributed by atoms with Crippen LogP contribution < -0.4 is 5.32 Å². The minimum atomic E-state index is 0. The van der Waals surface area contributed by atoms with Gasteiger partial charge < -0.3 is 5.32 Å². The zero-order valence-corrected chi connectivity index (χ0v) is 15.2. The molecule has 1 aromatic rings. The summed E-state index contributed by atoms with van der Waals surface area (Å²) in [5, 5.41) is 6.97. The lowest BCUT2D eigenvalue weighted by atomic mass is 9.73. The molecular weight excluding hydrogens is 325 g/mol. The predicted molar refractivity (Wildman–Crippen MR) is 95.0 cm³/mol. The Morgan fingerprint density at radius 3 is 2.62 bits per heavy atom. The Morgan fingerprint density at radius 1 is 1.19 bits per heavy atom. The van der Waals surface area contributed by atoms with E-state index >= 15 is 0 Å². The summed E-state index contributed by atoms with van der Waals surface area (Å²) in [4.78, 5) is 7.23. The van der Waals surface area contributed by atoms with Gasteiger partial charge >= 0.3 is 0 Å². The fourth-order valence-corrected chi connectivity index (χ4v) is 4.40. The summed E-state index contributed by atoms with van der Waals surface area (Å²) in [5.41, 5.74) is 1.82. The SMILES string of the molecule is Cc1csc(CN2CCCC3(CCNCC3)CC2)n1.Cl.Cl. The van der Waals surface area contributed by atoms with Crippen molar-refractivity contribution >= 4 is 36.2 Å². The Morgan fingerprint density at radius 2 is 1.95 bits per heavy atom. The number of hydrogen-bond donors (Lipinski definition) is 1. The normalized spacial score (nSPS) is 22.1. The van der Waals surface area contributed by atoms with Crippen molar-refractivity contribution in [2.24, 2.45) is 5.41 Å². The first-order chi connectivity index (χ1) is 9.26. The highest BCUT2D eigenvalue weighted by atomic mass is 35.5. The van der Waals surface area contributed by atoms with E-state index in [0.29, 0.717) is 5.41 Å². The van der Waals surface area contributed by atoms with E-state index < -0.39 is 0 Å². The molecule has 0 unspecified atom stereocenters. The van der Waals surface area contributed by atoms with Crippen LogP contribution in [0.3, 0.4) is 0 Å². The summed E-state index contributed by atoms with van der Waals surface area (Å²) in [7, 11) is 0. The smallest absolute Gasteiger partial charge is 0.107 e. The standard InChI is InChI=1S/C15H25N3S.2ClH/c1-13-12-19-14(17-13)11-18-9-2-3-15(6-10-18)4-7-16-8-5-15;;/h12,16H,2-11H2,1H3;2*1H. The topological polar surface area (TPSA) is 28.2 Å². The zero-order chi connectivity index (χ0) is 13.1. The average Bonchev–Trinajstić information content (AvgIpc) is 2.73. The summed E-state index contributed by atoms with van der Waals surface area (Å²) in [6, 6.07) is 0. The van der Waals surface area contributed by atoms with Crippen LogP contribution in [0.25, 0.3) is 0 Å². The van der Waals surface area contributed by atoms with E-state index in [1.807, 2.05) is 11.3 Å². The van der Waals surface area contributed by atoms with Gasteiger partial charge in [-0.2, -0.15) is 0 Å². The molecule has 0 radical (unpaired) electrons. The fraction of sp³-hybridized carbons (Fsp3) is 0.800. The third-order valence-corrected chi connectivity index (χ3v) is 5.78. The second-order valence-corrected chi connectivity index (χ2v) is 7.20. The average molecular weight is 352 g/mol. The number of rotatable bonds is 2. The molecule has 2 aliphatic rings. The number of halogens is 2. The molecule has 1 aromatic heterocycles. The number of nitrogens with zero attached hydrogens (tertiary/aromatic N) is 2. The second-order valence-electron chi connectivity index (χ2n) is 6.26. The maximum absolute atomic E-state index is 4.61. The van der Waals surface area contributed by atoms with E-state index in [1.54, 1.807) is 0 Å². The molecule has 3 nitrogen and oxygen atoms in total. The highest BCUT2D eigenvalue weighted by molar-refractivity contribution is 7.09. The molecule has 3 heterocycles. The maximum atomic E-state index is 4.61. The molecule has 6 heteroatoms. The zero-order valence-electron chi connectivity index (χ0n) is 12.8. The Bertz CT molecular complexity index is 419. The fourth-order valence-electron chi connectivity index (χ4n) is 3.59. The Labute approximate surface area is 144 Å². The van der Waals surface area contributed by atoms with E-state index in [9.17, 15) is 0 Å². The van der Waals surface area contributed by atoms with Gasteiger partial charge in [0.15, 0.2) is 0 Å². The third-order valence-electron chi connectivity index (χ3n) is 4.83. The highest BCUT2D eigenvalue weighted by Gasteiger charge is 2.33. The van der Waals surface area contributed by atoms with E-state index in [1.165, 1.54) is 69.0 Å². The van der Waals surface area contributed by atoms with Crippen molar-refractivity contribution in [1.82, 2.24) is 15.2 Å². The molecule has 2 fully saturated rings. The molecule has 0 atom stereocenters. The van der Waals surface area contributed by atoms with Gasteiger partial charge in [-0.25, -0.2) is 4.98 Å². The molecular formula is C15H27Cl2N3S. The van der Waals surface area contributed by atoms with Crippen LogP contribution in [0.5, 0.6) is 0 Å². The number of nitrogens with one attached hydrogen (secondary N) is 1. The molecule has 3 rings (SSSR count). The van der Waals surface area contributed by atoms with Gasteiger partial charge in [-0.05, 0) is 70.6 Å². The molecule has 0 amide bonds. The van der Waals surface area contributed by atoms with E-state index in [0.717, 1.165) is 6.54 Å². The Hall–Kier alpha value is 0.130. The maximum Gasteiger partial charge on any atom is 0.107 e. The van der Waals surface area contributed by atoms with Gasteiger partial charge in [0.1, 0.15) is 5.01 Å². The Balaban J connectivity index is 0.00000110. The summed E-state index contributed by atoms with van der Waals surface area (Å²) < 4.78 is 0. The Kier molecular flexibility index (Phi) is 7.93. The number of thiazole rings is 1. The van der Waals surface area contributed by atoms with Crippen LogP contribution >= 0.6 is 36.2 Å². The van der Waals surface area contributed by atoms with Gasteiger partial charge in [-0.3, -0.25) is 4.90 Å². The summed E-state index contributed by atoms with van der Waals surface area (Å²) in [5.74, 6) is 0. The lowest BCUT2D eigenvalue weighted by Crippen LogP contribution is -2.37. The molecule has 2 saturated heterocycles. The molecule has 0 bridgehead atoms. The largest absolute Gasteiger partial charge is 0.317 e. The third kappa shape index (κ3) is 5.07. The lowest BCUT2D eigenvalue weighted by molar-refractivity contribution is 0.167. The van der Waals surface area contributed by atoms with Crippen LogP contribution in [0, 0.1) is 12.3 Å². The van der Waals surface area contributed by atoms with E-state index in [2.05, 4.69) is 27.5 Å². The number of piperidine rings is 1. The summed E-state index contributed by atoms with van der Waals surface area (Å²) in [6.07, 6.45) is 6.96. The first kappa shape index (κ1) is 19.2. The molecule has 0 aromatic carbocycles. The van der Waals surface area contributed by atoms with Gasteiger partial charge in [0.25, 0.3) is 0 Å². The van der Waals surface area contributed by atoms with Crippen LogP contribution in [0.1, 0.15) is 42.8 Å². The number of aryl methyl sites for hydroxylation is 1. The van der Waals surface area contributed by atoms with Crippen molar-refractivity contribution in [2.75, 3.05) is 26.2 Å². The van der Waals surface area contributed by atoms with Crippen LogP contribution in [-0.4, -0.2) is 36.1 Å². The summed E-state index contributed by atoms with van der Waals surface area (Å²) in [6.45, 7) is 8.13. The molecule has 21 heavy (non-hydrogen) atoms. The summed E-state index contributed by atoms with van der Waals surface area (Å²) >= 11 is 1.81. The van der Waals surface area contributed by atoms with Crippen molar-refractivity contribution in [3.63, 3.8) is 0 Å². The quantitative estimate of drug-likeness (QED) is 0.881. The van der Waals surface area contributed by atoms with Crippen molar-refractivity contribution in [2.45, 2.75) is 45.6 Å². The highest BCUT2D eigenvalue weighted by Crippen LogP contribution is 2.39. The minimum absolute atomic E-state index is 0. The first-order valence-electron chi connectivity index (χ1n) is 7.60. The van der Waals surface area contributed by atoms with Crippen molar-refractivity contribution in [1.29, 1.82) is 0 Å². The molecule has 0 aliphatic carbocycles. The van der Waals surface area contributed by atoms with Crippen LogP contribution in [-0.2, 0) is 6.54 Å². The minimum Gasteiger partial charge on any atom is -0.317 e. The van der Waals surface area contributed by atoms with Gasteiger partial charge in [0.2, 0.25) is 0 Å². The predicted octanol–water partition coefficient (Wildman–Crippen LogP) is 3.65. The van der Waals surface area contributed by atoms with Crippen molar-refractivity contribution in [3.05, 3.63) is 16.1 Å². The van der Waals surface area contributed by atoms with Gasteiger partial charge in [-0.15, -0.1) is 36.2 Å². The van der Waals surface area contributed by atoms with Crippen LogP contribution in [0.2, 0.25) is 0 Å². The molecule has 122 valence electrons. The van der Waals surface area contributed by atoms with Gasteiger partial charge in [-0.1, -0.05) is 0 Å². The molecule has 2 aliphatic heterocycles. The van der Waals surface area contributed by atoms with Gasteiger partial charge in [0.05, 0.1) is 6.54 Å². The van der Waals surface area contributed by atoms with Gasteiger partial charge in [0, 0.05) is 11.1 Å². The van der Waals surface area contributed by atoms with Crippen LogP contribution in [0.4, 0.5) is 0 Å². The van der Waals surface area contributed by atoms with Crippen molar-refractivity contribution in [3.8, 4) is 0 Å². The number of likely N-dealkylation sites (tertiary alicyclic amines) is 1. The van der Waals surface area contributed by atoms with Crippen molar-refractivity contribution < 1.29 is 0 Å². The second kappa shape index (κ2) is 8.68. The van der Waals surface area contributed by atoms with E-state index in [-0.39, 0.29) is 24.8 Å². The monoisotopic (exact) mass is 351 g/mol. The molecule has 1 N–H and O–H groups in total. The lowest BCUT2D eigenvalue weighted by Gasteiger charge is -2.37. The van der Waals surface area contributed by atoms with Crippen LogP contribution in [0.15, 0.2) is 5.38 Å². The molecule has 1 spiro atoms.